The first-order valence-electron chi connectivity index (χ1n) is 6.26. The molecule has 0 unspecified atom stereocenters. The predicted octanol–water partition coefficient (Wildman–Crippen LogP) is -1.62. The van der Waals surface area contributed by atoms with Gasteiger partial charge < -0.3 is 15.0 Å². The van der Waals surface area contributed by atoms with Crippen LogP contribution in [0.2, 0.25) is 0 Å². The van der Waals surface area contributed by atoms with Crippen molar-refractivity contribution in [3.05, 3.63) is 0 Å². The monoisotopic (exact) mass is 313 g/mol. The molecule has 11 heteroatoms. The molecule has 2 rings (SSSR count). The largest absolute Gasteiger partial charge is 0.432 e. The Labute approximate surface area is 123 Å². The summed E-state index contributed by atoms with van der Waals surface area (Å²) >= 11 is 0. The van der Waals surface area contributed by atoms with E-state index in [4.69, 9.17) is 0 Å². The molecule has 0 aromatic heterocycles. The molecule has 5 amide bonds. The van der Waals surface area contributed by atoms with Gasteiger partial charge in [0.25, 0.3) is 23.6 Å². The van der Waals surface area contributed by atoms with Crippen LogP contribution in [0, 0.1) is 0 Å². The predicted molar refractivity (Wildman–Crippen MR) is 62.7 cm³/mol. The van der Waals surface area contributed by atoms with Gasteiger partial charge in [0.15, 0.2) is 0 Å². The van der Waals surface area contributed by atoms with Gasteiger partial charge >= 0.3 is 12.1 Å². The summed E-state index contributed by atoms with van der Waals surface area (Å²) in [6.45, 7) is -0.716. The summed E-state index contributed by atoms with van der Waals surface area (Å²) in [6, 6.07) is 0. The Hall–Kier alpha value is -2.98. The molecule has 0 saturated carbocycles. The highest BCUT2D eigenvalue weighted by molar-refractivity contribution is 6.02. The summed E-state index contributed by atoms with van der Waals surface area (Å²) in [4.78, 5) is 76.4. The number of carbonyl (C=O) groups is 6. The topological polar surface area (TPSA) is 139 Å². The first-order chi connectivity index (χ1) is 10.4. The number of nitrogens with zero attached hydrogens (tertiary/aromatic N) is 2. The molecule has 0 aromatic carbocycles. The fourth-order valence-corrected chi connectivity index (χ4v) is 1.71. The molecule has 2 aliphatic heterocycles. The van der Waals surface area contributed by atoms with Crippen LogP contribution < -0.4 is 5.32 Å². The van der Waals surface area contributed by atoms with Gasteiger partial charge in [0.05, 0.1) is 0 Å². The summed E-state index contributed by atoms with van der Waals surface area (Å²) in [5.41, 5.74) is 0. The summed E-state index contributed by atoms with van der Waals surface area (Å²) in [6.07, 6.45) is -1.46. The minimum atomic E-state index is -1.22. The number of imide groups is 2. The molecule has 2 aliphatic rings. The molecule has 1 N–H and O–H groups in total. The normalized spacial score (nSPS) is 18.0. The van der Waals surface area contributed by atoms with Gasteiger partial charge in [-0.3, -0.25) is 19.2 Å². The molecule has 2 fully saturated rings. The number of amides is 5. The van der Waals surface area contributed by atoms with E-state index in [0.29, 0.717) is 10.1 Å². The van der Waals surface area contributed by atoms with E-state index in [1.807, 2.05) is 5.32 Å². The number of carbonyl (C=O) groups excluding carboxylic acids is 6. The Kier molecular flexibility index (Phi) is 4.34. The second kappa shape index (κ2) is 6.20. The van der Waals surface area contributed by atoms with Gasteiger partial charge in [-0.2, -0.15) is 0 Å². The molecule has 0 bridgehead atoms. The van der Waals surface area contributed by atoms with Crippen molar-refractivity contribution >= 4 is 35.7 Å². The van der Waals surface area contributed by atoms with Crippen LogP contribution in [0.3, 0.4) is 0 Å². The highest BCUT2D eigenvalue weighted by Gasteiger charge is 2.34. The van der Waals surface area contributed by atoms with Crippen molar-refractivity contribution in [1.29, 1.82) is 0 Å². The van der Waals surface area contributed by atoms with Crippen LogP contribution in [0.25, 0.3) is 0 Å². The molecule has 118 valence electrons. The van der Waals surface area contributed by atoms with Gasteiger partial charge in [-0.1, -0.05) is 0 Å². The SMILES string of the molecule is O=C(CNC(=O)ON1C(=O)CCC1=O)ON1C(=O)CCC1=O. The summed E-state index contributed by atoms with van der Waals surface area (Å²) < 4.78 is 0. The molecule has 0 aliphatic carbocycles. The zero-order chi connectivity index (χ0) is 16.3. The smallest absolute Gasteiger partial charge is 0.328 e. The minimum absolute atomic E-state index is 0.0548. The van der Waals surface area contributed by atoms with Gasteiger partial charge in [0.1, 0.15) is 6.54 Å². The van der Waals surface area contributed by atoms with Gasteiger partial charge in [-0.15, -0.1) is 10.1 Å². The first kappa shape index (κ1) is 15.4. The molecule has 22 heavy (non-hydrogen) atoms. The molecule has 2 heterocycles. The quantitative estimate of drug-likeness (QED) is 0.611. The lowest BCUT2D eigenvalue weighted by atomic mass is 10.4. The van der Waals surface area contributed by atoms with Gasteiger partial charge in [0.2, 0.25) is 0 Å². The Morgan fingerprint density at radius 2 is 1.23 bits per heavy atom. The molecular formula is C11H11N3O8. The van der Waals surface area contributed by atoms with Crippen LogP contribution >= 0.6 is 0 Å². The van der Waals surface area contributed by atoms with Crippen LogP contribution in [-0.4, -0.2) is 52.4 Å². The third-order valence-electron chi connectivity index (χ3n) is 2.76. The number of hydrogen-bond donors (Lipinski definition) is 1. The third-order valence-corrected chi connectivity index (χ3v) is 2.76. The van der Waals surface area contributed by atoms with Gasteiger partial charge in [-0.25, -0.2) is 9.59 Å². The summed E-state index contributed by atoms with van der Waals surface area (Å²) in [5.74, 6) is -3.74. The molecule has 0 aromatic rings. The van der Waals surface area contributed by atoms with E-state index in [1.165, 1.54) is 0 Å². The maximum absolute atomic E-state index is 11.4. The van der Waals surface area contributed by atoms with Crippen molar-refractivity contribution in [1.82, 2.24) is 15.4 Å². The maximum Gasteiger partial charge on any atom is 0.432 e. The van der Waals surface area contributed by atoms with E-state index in [0.717, 1.165) is 0 Å². The summed E-state index contributed by atoms with van der Waals surface area (Å²) in [5, 5.41) is 2.55. The standard InChI is InChI=1S/C11H11N3O8/c15-6-1-2-7(16)13(6)21-10(19)5-12-11(20)22-14-8(17)3-4-9(14)18/h1-5H2,(H,12,20). The van der Waals surface area contributed by atoms with Crippen molar-refractivity contribution in [3.63, 3.8) is 0 Å². The summed E-state index contributed by atoms with van der Waals surface area (Å²) in [7, 11) is 0. The van der Waals surface area contributed by atoms with Crippen molar-refractivity contribution in [2.24, 2.45) is 0 Å². The average Bonchev–Trinajstić information content (AvgIpc) is 2.95. The Morgan fingerprint density at radius 1 is 0.818 bits per heavy atom. The van der Waals surface area contributed by atoms with E-state index < -0.39 is 42.2 Å². The number of nitrogens with one attached hydrogen (secondary N) is 1. The minimum Gasteiger partial charge on any atom is -0.328 e. The second-order valence-corrected chi connectivity index (χ2v) is 4.36. The number of rotatable bonds is 4. The Bertz CT molecular complexity index is 490. The van der Waals surface area contributed by atoms with Crippen molar-refractivity contribution in [2.75, 3.05) is 6.54 Å². The van der Waals surface area contributed by atoms with Crippen LogP contribution in [0.15, 0.2) is 0 Å². The molecule has 0 spiro atoms. The lowest BCUT2D eigenvalue weighted by molar-refractivity contribution is -0.196. The fourth-order valence-electron chi connectivity index (χ4n) is 1.71. The van der Waals surface area contributed by atoms with Crippen LogP contribution in [0.5, 0.6) is 0 Å². The van der Waals surface area contributed by atoms with E-state index in [1.54, 1.807) is 0 Å². The van der Waals surface area contributed by atoms with Gasteiger partial charge in [-0.05, 0) is 0 Å². The molecule has 11 nitrogen and oxygen atoms in total. The highest BCUT2D eigenvalue weighted by atomic mass is 16.7. The zero-order valence-electron chi connectivity index (χ0n) is 11.2. The number of hydrogen-bond acceptors (Lipinski definition) is 8. The van der Waals surface area contributed by atoms with Crippen LogP contribution in [0.1, 0.15) is 25.7 Å². The third kappa shape index (κ3) is 3.37. The van der Waals surface area contributed by atoms with Crippen LogP contribution in [0.4, 0.5) is 4.79 Å². The van der Waals surface area contributed by atoms with Crippen LogP contribution in [-0.2, 0) is 33.6 Å². The second-order valence-electron chi connectivity index (χ2n) is 4.36. The van der Waals surface area contributed by atoms with E-state index in [-0.39, 0.29) is 25.7 Å². The molecule has 0 radical (unpaired) electrons. The Balaban J connectivity index is 1.75. The maximum atomic E-state index is 11.4. The average molecular weight is 313 g/mol. The molecule has 0 atom stereocenters. The highest BCUT2D eigenvalue weighted by Crippen LogP contribution is 2.13. The van der Waals surface area contributed by atoms with Crippen molar-refractivity contribution in [3.8, 4) is 0 Å². The molecule has 2 saturated heterocycles. The number of hydroxylamine groups is 4. The lowest BCUT2D eigenvalue weighted by Gasteiger charge is -2.14. The van der Waals surface area contributed by atoms with E-state index >= 15 is 0 Å². The van der Waals surface area contributed by atoms with E-state index in [9.17, 15) is 28.8 Å². The van der Waals surface area contributed by atoms with E-state index in [2.05, 4.69) is 9.68 Å². The lowest BCUT2D eigenvalue weighted by Crippen LogP contribution is -2.41. The zero-order valence-corrected chi connectivity index (χ0v) is 11.2. The van der Waals surface area contributed by atoms with Crippen molar-refractivity contribution < 1.29 is 38.4 Å². The Morgan fingerprint density at radius 3 is 1.68 bits per heavy atom. The van der Waals surface area contributed by atoms with Gasteiger partial charge in [0, 0.05) is 25.7 Å². The van der Waals surface area contributed by atoms with Crippen molar-refractivity contribution in [2.45, 2.75) is 25.7 Å². The first-order valence-corrected chi connectivity index (χ1v) is 6.26. The molecular weight excluding hydrogens is 302 g/mol. The fraction of sp³-hybridized carbons (Fsp3) is 0.455.